The summed E-state index contributed by atoms with van der Waals surface area (Å²) in [5.74, 6) is 5.39. The molecule has 2 heterocycles. The van der Waals surface area contributed by atoms with E-state index in [1.165, 1.54) is 43.4 Å². The van der Waals surface area contributed by atoms with Crippen LogP contribution in [0.15, 0.2) is 36.4 Å². The molecule has 35 heavy (non-hydrogen) atoms. The van der Waals surface area contributed by atoms with Crippen molar-refractivity contribution in [1.82, 2.24) is 9.80 Å². The standard InChI is InChI=1S/C28H34N2O4S/c1-2-6-22(19-27(31)32)21-9-11-24(12-10-21)34-20-25-13-14-26(35-25)28(33)30-17-15-29(16-18-30)23-7-4-3-5-8-23/h9-14,22-23H,3-5,7-8,15-20H2,1H3,(H,31,32). The maximum atomic E-state index is 13.0. The fraction of sp³-hybridized carbons (Fsp3) is 0.500. The fourth-order valence-corrected chi connectivity index (χ4v) is 5.90. The molecule has 186 valence electrons. The Morgan fingerprint density at radius 3 is 2.43 bits per heavy atom. The number of amides is 1. The molecule has 1 unspecified atom stereocenters. The largest absolute Gasteiger partial charge is 0.488 e. The van der Waals surface area contributed by atoms with Crippen molar-refractivity contribution < 1.29 is 19.4 Å². The smallest absolute Gasteiger partial charge is 0.304 e. The van der Waals surface area contributed by atoms with Gasteiger partial charge < -0.3 is 14.7 Å². The Labute approximate surface area is 211 Å². The number of hydrogen-bond donors (Lipinski definition) is 1. The van der Waals surface area contributed by atoms with Gasteiger partial charge in [0.25, 0.3) is 5.91 Å². The number of aliphatic carboxylic acids is 1. The van der Waals surface area contributed by atoms with Crippen LogP contribution in [0.2, 0.25) is 0 Å². The average molecular weight is 495 g/mol. The van der Waals surface area contributed by atoms with Crippen molar-refractivity contribution in [2.45, 2.75) is 64.0 Å². The fourth-order valence-electron chi connectivity index (χ4n) is 5.01. The number of carbonyl (C=O) groups excluding carboxylic acids is 1. The molecule has 1 aromatic carbocycles. The predicted molar refractivity (Wildman–Crippen MR) is 138 cm³/mol. The lowest BCUT2D eigenvalue weighted by Gasteiger charge is -2.40. The van der Waals surface area contributed by atoms with Crippen molar-refractivity contribution in [3.8, 4) is 17.6 Å². The van der Waals surface area contributed by atoms with Crippen LogP contribution in [0.1, 0.15) is 71.5 Å². The van der Waals surface area contributed by atoms with Crippen molar-refractivity contribution in [1.29, 1.82) is 0 Å². The van der Waals surface area contributed by atoms with Crippen LogP contribution in [0.3, 0.4) is 0 Å². The van der Waals surface area contributed by atoms with Crippen LogP contribution < -0.4 is 4.74 Å². The molecule has 1 aromatic heterocycles. The van der Waals surface area contributed by atoms with Crippen molar-refractivity contribution >= 4 is 23.2 Å². The van der Waals surface area contributed by atoms with Crippen molar-refractivity contribution in [3.05, 3.63) is 51.7 Å². The summed E-state index contributed by atoms with van der Waals surface area (Å²) in [6, 6.07) is 12.0. The number of piperazine rings is 1. The molecular formula is C28H34N2O4S. The highest BCUT2D eigenvalue weighted by molar-refractivity contribution is 7.14. The van der Waals surface area contributed by atoms with Crippen molar-refractivity contribution in [2.24, 2.45) is 0 Å². The highest BCUT2D eigenvalue weighted by Gasteiger charge is 2.28. The van der Waals surface area contributed by atoms with Crippen molar-refractivity contribution in [2.75, 3.05) is 26.2 Å². The summed E-state index contributed by atoms with van der Waals surface area (Å²) in [5, 5.41) is 9.11. The molecule has 2 fully saturated rings. The second-order valence-corrected chi connectivity index (χ2v) is 10.5. The Hall–Kier alpha value is -2.82. The molecule has 2 aromatic rings. The van der Waals surface area contributed by atoms with Gasteiger partial charge >= 0.3 is 5.97 Å². The Balaban J connectivity index is 1.27. The Morgan fingerprint density at radius 2 is 1.77 bits per heavy atom. The maximum Gasteiger partial charge on any atom is 0.304 e. The molecule has 0 bridgehead atoms. The number of benzene rings is 1. The summed E-state index contributed by atoms with van der Waals surface area (Å²) in [6.07, 6.45) is 6.63. The number of carboxylic acid groups (broad SMARTS) is 1. The lowest BCUT2D eigenvalue weighted by atomic mass is 9.94. The molecule has 7 heteroatoms. The zero-order valence-electron chi connectivity index (χ0n) is 20.4. The van der Waals surface area contributed by atoms with E-state index in [-0.39, 0.29) is 18.2 Å². The molecule has 1 aliphatic heterocycles. The molecule has 1 atom stereocenters. The zero-order chi connectivity index (χ0) is 24.6. The van der Waals surface area contributed by atoms with Gasteiger partial charge in [-0.1, -0.05) is 37.3 Å². The second-order valence-electron chi connectivity index (χ2n) is 9.29. The van der Waals surface area contributed by atoms with Gasteiger partial charge in [-0.15, -0.1) is 17.3 Å². The topological polar surface area (TPSA) is 70.1 Å². The number of rotatable bonds is 8. The molecule has 2 aliphatic rings. The van der Waals surface area contributed by atoms with Crippen LogP contribution >= 0.6 is 11.3 Å². The highest BCUT2D eigenvalue weighted by atomic mass is 32.1. The van der Waals surface area contributed by atoms with Gasteiger partial charge in [0.15, 0.2) is 0 Å². The summed E-state index contributed by atoms with van der Waals surface area (Å²) >= 11 is 1.49. The van der Waals surface area contributed by atoms with Crippen LogP contribution in [0, 0.1) is 11.8 Å². The third-order valence-corrected chi connectivity index (χ3v) is 7.97. The van der Waals surface area contributed by atoms with Gasteiger partial charge in [0.2, 0.25) is 0 Å². The van der Waals surface area contributed by atoms with Gasteiger partial charge in [-0.3, -0.25) is 14.5 Å². The van der Waals surface area contributed by atoms with Crippen LogP contribution in [0.25, 0.3) is 0 Å². The van der Waals surface area contributed by atoms with Crippen molar-refractivity contribution in [3.63, 3.8) is 0 Å². The van der Waals surface area contributed by atoms with E-state index in [0.29, 0.717) is 18.4 Å². The molecule has 0 spiro atoms. The number of nitrogens with zero attached hydrogens (tertiary/aromatic N) is 2. The summed E-state index contributed by atoms with van der Waals surface area (Å²) in [5.41, 5.74) is 0.863. The van der Waals surface area contributed by atoms with Crippen LogP contribution in [-0.2, 0) is 11.4 Å². The minimum atomic E-state index is -0.868. The third-order valence-electron chi connectivity index (χ3n) is 6.93. The average Bonchev–Trinajstić information content (AvgIpc) is 3.37. The van der Waals surface area contributed by atoms with E-state index in [1.807, 2.05) is 41.3 Å². The second kappa shape index (κ2) is 12.2. The van der Waals surface area contributed by atoms with E-state index in [4.69, 9.17) is 9.84 Å². The number of ether oxygens (including phenoxy) is 1. The molecule has 1 saturated heterocycles. The van der Waals surface area contributed by atoms with E-state index in [1.54, 1.807) is 6.92 Å². The summed E-state index contributed by atoms with van der Waals surface area (Å²) in [7, 11) is 0. The molecular weight excluding hydrogens is 460 g/mol. The zero-order valence-corrected chi connectivity index (χ0v) is 21.2. The molecule has 1 aliphatic carbocycles. The molecule has 0 radical (unpaired) electrons. The number of carboxylic acids is 1. The summed E-state index contributed by atoms with van der Waals surface area (Å²) in [6.45, 7) is 5.66. The van der Waals surface area contributed by atoms with Gasteiger partial charge in [0.1, 0.15) is 12.4 Å². The van der Waals surface area contributed by atoms with E-state index in [9.17, 15) is 9.59 Å². The third kappa shape index (κ3) is 6.87. The Morgan fingerprint density at radius 1 is 1.06 bits per heavy atom. The number of hydrogen-bond acceptors (Lipinski definition) is 5. The number of thiophene rings is 1. The number of carbonyl (C=O) groups is 2. The molecule has 4 rings (SSSR count). The Bertz CT molecular complexity index is 1050. The van der Waals surface area contributed by atoms with Gasteiger partial charge in [0.05, 0.1) is 17.2 Å². The first-order chi connectivity index (χ1) is 17.0. The summed E-state index contributed by atoms with van der Waals surface area (Å²) in [4.78, 5) is 30.5. The SMILES string of the molecule is CC#CC(CC(=O)O)c1ccc(OCc2ccc(C(=O)N3CCN(C4CCCCC4)CC3)s2)cc1. The lowest BCUT2D eigenvalue weighted by Crippen LogP contribution is -2.52. The summed E-state index contributed by atoms with van der Waals surface area (Å²) < 4.78 is 5.91. The Kier molecular flexibility index (Phi) is 8.84. The maximum absolute atomic E-state index is 13.0. The van der Waals surface area contributed by atoms with Gasteiger partial charge in [-0.05, 0) is 49.6 Å². The van der Waals surface area contributed by atoms with Crippen LogP contribution in [0.5, 0.6) is 5.75 Å². The van der Waals surface area contributed by atoms with Crippen LogP contribution in [-0.4, -0.2) is 59.0 Å². The van der Waals surface area contributed by atoms with E-state index in [2.05, 4.69) is 16.7 Å². The van der Waals surface area contributed by atoms with Gasteiger partial charge in [-0.2, -0.15) is 0 Å². The minimum Gasteiger partial charge on any atom is -0.488 e. The van der Waals surface area contributed by atoms with E-state index in [0.717, 1.165) is 41.5 Å². The minimum absolute atomic E-state index is 0.0251. The van der Waals surface area contributed by atoms with E-state index < -0.39 is 5.97 Å². The lowest BCUT2D eigenvalue weighted by molar-refractivity contribution is -0.137. The van der Waals surface area contributed by atoms with E-state index >= 15 is 0 Å². The molecule has 1 N–H and O–H groups in total. The first-order valence-electron chi connectivity index (χ1n) is 12.5. The molecule has 1 saturated carbocycles. The highest BCUT2D eigenvalue weighted by Crippen LogP contribution is 2.26. The molecule has 1 amide bonds. The predicted octanol–water partition coefficient (Wildman–Crippen LogP) is 5.00. The van der Waals surface area contributed by atoms with Gasteiger partial charge in [-0.25, -0.2) is 0 Å². The molecule has 6 nitrogen and oxygen atoms in total. The first-order valence-corrected chi connectivity index (χ1v) is 13.3. The normalized spacial score (nSPS) is 17.9. The first kappa shape index (κ1) is 25.3. The van der Waals surface area contributed by atoms with Crippen LogP contribution in [0.4, 0.5) is 0 Å². The monoisotopic (exact) mass is 494 g/mol. The quantitative estimate of drug-likeness (QED) is 0.523. The van der Waals surface area contributed by atoms with Gasteiger partial charge in [0, 0.05) is 37.1 Å².